The number of aliphatic hydroxyl groups excluding tert-OH is 1. The highest BCUT2D eigenvalue weighted by Crippen LogP contribution is 2.10. The van der Waals surface area contributed by atoms with Crippen LogP contribution >= 0.6 is 11.6 Å². The third-order valence-electron chi connectivity index (χ3n) is 1.56. The van der Waals surface area contributed by atoms with Crippen molar-refractivity contribution in [2.45, 2.75) is 5.75 Å². The van der Waals surface area contributed by atoms with Crippen molar-refractivity contribution in [1.29, 1.82) is 0 Å². The molecule has 0 bridgehead atoms. The van der Waals surface area contributed by atoms with Gasteiger partial charge in [0.1, 0.15) is 0 Å². The Morgan fingerprint density at radius 2 is 1.92 bits per heavy atom. The van der Waals surface area contributed by atoms with Gasteiger partial charge in [0, 0.05) is 27.3 Å². The number of aliphatic hydroxyl groups is 1. The van der Waals surface area contributed by atoms with Crippen LogP contribution in [0.5, 0.6) is 0 Å². The summed E-state index contributed by atoms with van der Waals surface area (Å²) < 4.78 is 11.2. The van der Waals surface area contributed by atoms with Crippen LogP contribution in [0.4, 0.5) is 0 Å². The van der Waals surface area contributed by atoms with Gasteiger partial charge in [0.05, 0.1) is 6.61 Å². The molecule has 0 aliphatic carbocycles. The fraction of sp³-hybridized carbons (Fsp3) is 0.333. The molecule has 0 aliphatic rings. The molecule has 72 valence electrons. The van der Waals surface area contributed by atoms with Crippen molar-refractivity contribution in [1.82, 2.24) is 0 Å². The second-order valence-corrected chi connectivity index (χ2v) is 4.65. The Hall–Kier alpha value is -0.380. The van der Waals surface area contributed by atoms with Gasteiger partial charge in [0.25, 0.3) is 0 Å². The molecule has 0 saturated carbocycles. The molecule has 13 heavy (non-hydrogen) atoms. The Kier molecular flexibility index (Phi) is 4.42. The van der Waals surface area contributed by atoms with E-state index in [1.807, 2.05) is 12.1 Å². The number of hydrogen-bond acceptors (Lipinski definition) is 2. The summed E-state index contributed by atoms with van der Waals surface area (Å²) in [6, 6.07) is 7.23. The summed E-state index contributed by atoms with van der Waals surface area (Å²) in [6.45, 7) is -0.0276. The van der Waals surface area contributed by atoms with Gasteiger partial charge in [-0.05, 0) is 17.7 Å². The van der Waals surface area contributed by atoms with Gasteiger partial charge >= 0.3 is 0 Å². The lowest BCUT2D eigenvalue weighted by atomic mass is 10.2. The molecule has 4 heteroatoms. The van der Waals surface area contributed by atoms with Crippen LogP contribution in [-0.2, 0) is 16.6 Å². The number of benzene rings is 1. The fourth-order valence-electron chi connectivity index (χ4n) is 0.941. The number of hydrogen-bond donors (Lipinski definition) is 1. The van der Waals surface area contributed by atoms with Crippen molar-refractivity contribution in [2.75, 3.05) is 12.4 Å². The van der Waals surface area contributed by atoms with Crippen LogP contribution in [-0.4, -0.2) is 21.7 Å². The highest BCUT2D eigenvalue weighted by Gasteiger charge is 2.00. The summed E-state index contributed by atoms with van der Waals surface area (Å²) >= 11 is 5.69. The normalized spacial score (nSPS) is 12.8. The Morgan fingerprint density at radius 1 is 1.31 bits per heavy atom. The van der Waals surface area contributed by atoms with Crippen LogP contribution in [0.25, 0.3) is 0 Å². The third kappa shape index (κ3) is 3.89. The molecule has 0 radical (unpaired) electrons. The zero-order valence-electron chi connectivity index (χ0n) is 7.07. The summed E-state index contributed by atoms with van der Waals surface area (Å²) in [7, 11) is -0.971. The SMILES string of the molecule is O=S(CCO)Cc1ccc(Cl)cc1. The summed E-state index contributed by atoms with van der Waals surface area (Å²) in [5.74, 6) is 0.820. The lowest BCUT2D eigenvalue weighted by Crippen LogP contribution is -2.04. The Bertz CT molecular complexity index is 284. The molecular formula is C9H11ClO2S. The van der Waals surface area contributed by atoms with Crippen molar-refractivity contribution in [3.8, 4) is 0 Å². The predicted molar refractivity (Wildman–Crippen MR) is 55.3 cm³/mol. The summed E-state index contributed by atoms with van der Waals surface area (Å²) in [6.07, 6.45) is 0. The molecule has 0 heterocycles. The molecule has 0 spiro atoms. The Labute approximate surface area is 85.0 Å². The van der Waals surface area contributed by atoms with Crippen molar-refractivity contribution < 1.29 is 9.32 Å². The fourth-order valence-corrected chi connectivity index (χ4v) is 1.98. The highest BCUT2D eigenvalue weighted by molar-refractivity contribution is 7.84. The maximum atomic E-state index is 11.2. The second kappa shape index (κ2) is 5.37. The van der Waals surface area contributed by atoms with Gasteiger partial charge < -0.3 is 5.11 Å². The molecule has 0 fully saturated rings. The van der Waals surface area contributed by atoms with Gasteiger partial charge in [-0.2, -0.15) is 0 Å². The molecule has 2 nitrogen and oxygen atoms in total. The molecule has 1 aromatic carbocycles. The third-order valence-corrected chi connectivity index (χ3v) is 3.11. The maximum absolute atomic E-state index is 11.2. The van der Waals surface area contributed by atoms with Gasteiger partial charge in [-0.25, -0.2) is 0 Å². The number of halogens is 1. The molecule has 1 atom stereocenters. The monoisotopic (exact) mass is 218 g/mol. The van der Waals surface area contributed by atoms with Crippen LogP contribution in [0, 0.1) is 0 Å². The zero-order chi connectivity index (χ0) is 9.68. The minimum Gasteiger partial charge on any atom is -0.395 e. The molecule has 1 N–H and O–H groups in total. The average Bonchev–Trinajstić information content (AvgIpc) is 2.09. The van der Waals surface area contributed by atoms with E-state index in [4.69, 9.17) is 16.7 Å². The first-order chi connectivity index (χ1) is 6.22. The van der Waals surface area contributed by atoms with E-state index in [9.17, 15) is 4.21 Å². The molecule has 1 aromatic rings. The lowest BCUT2D eigenvalue weighted by Gasteiger charge is -2.00. The van der Waals surface area contributed by atoms with E-state index >= 15 is 0 Å². The molecule has 0 saturated heterocycles. The van der Waals surface area contributed by atoms with E-state index in [1.165, 1.54) is 0 Å². The smallest absolute Gasteiger partial charge is 0.0546 e. The predicted octanol–water partition coefficient (Wildman–Crippen LogP) is 1.58. The van der Waals surface area contributed by atoms with Crippen LogP contribution < -0.4 is 0 Å². The largest absolute Gasteiger partial charge is 0.395 e. The van der Waals surface area contributed by atoms with E-state index in [0.29, 0.717) is 16.5 Å². The summed E-state index contributed by atoms with van der Waals surface area (Å²) in [4.78, 5) is 0. The Morgan fingerprint density at radius 3 is 2.46 bits per heavy atom. The van der Waals surface area contributed by atoms with Gasteiger partial charge in [0.15, 0.2) is 0 Å². The Balaban J connectivity index is 2.54. The minimum atomic E-state index is -0.971. The first-order valence-corrected chi connectivity index (χ1v) is 5.79. The number of rotatable bonds is 4. The van der Waals surface area contributed by atoms with E-state index < -0.39 is 10.8 Å². The van der Waals surface area contributed by atoms with Crippen LogP contribution in [0.3, 0.4) is 0 Å². The van der Waals surface area contributed by atoms with Crippen LogP contribution in [0.15, 0.2) is 24.3 Å². The van der Waals surface area contributed by atoms with Gasteiger partial charge in [-0.1, -0.05) is 23.7 Å². The molecular weight excluding hydrogens is 208 g/mol. The standard InChI is InChI=1S/C9H11ClO2S/c10-9-3-1-8(2-4-9)7-13(12)6-5-11/h1-4,11H,5-7H2. The average molecular weight is 219 g/mol. The minimum absolute atomic E-state index is 0.0276. The molecule has 0 aliphatic heterocycles. The van der Waals surface area contributed by atoms with Crippen molar-refractivity contribution in [3.05, 3.63) is 34.9 Å². The highest BCUT2D eigenvalue weighted by atomic mass is 35.5. The van der Waals surface area contributed by atoms with E-state index in [1.54, 1.807) is 12.1 Å². The van der Waals surface area contributed by atoms with Crippen molar-refractivity contribution >= 4 is 22.4 Å². The first-order valence-electron chi connectivity index (χ1n) is 3.92. The molecule has 0 aromatic heterocycles. The second-order valence-electron chi connectivity index (χ2n) is 2.64. The summed E-state index contributed by atoms with van der Waals surface area (Å²) in [5.41, 5.74) is 0.983. The zero-order valence-corrected chi connectivity index (χ0v) is 8.64. The lowest BCUT2D eigenvalue weighted by molar-refractivity contribution is 0.321. The quantitative estimate of drug-likeness (QED) is 0.833. The molecule has 1 rings (SSSR count). The van der Waals surface area contributed by atoms with Crippen molar-refractivity contribution in [3.63, 3.8) is 0 Å². The van der Waals surface area contributed by atoms with Gasteiger partial charge in [0.2, 0.25) is 0 Å². The van der Waals surface area contributed by atoms with E-state index in [-0.39, 0.29) is 6.61 Å². The first kappa shape index (κ1) is 10.7. The molecule has 1 unspecified atom stereocenters. The topological polar surface area (TPSA) is 37.3 Å². The van der Waals surface area contributed by atoms with E-state index in [0.717, 1.165) is 5.56 Å². The molecule has 0 amide bonds. The van der Waals surface area contributed by atoms with Crippen LogP contribution in [0.2, 0.25) is 5.02 Å². The van der Waals surface area contributed by atoms with Gasteiger partial charge in [-0.3, -0.25) is 4.21 Å². The van der Waals surface area contributed by atoms with E-state index in [2.05, 4.69) is 0 Å². The van der Waals surface area contributed by atoms with Gasteiger partial charge in [-0.15, -0.1) is 0 Å². The summed E-state index contributed by atoms with van der Waals surface area (Å²) in [5, 5.41) is 9.22. The maximum Gasteiger partial charge on any atom is 0.0546 e. The van der Waals surface area contributed by atoms with Crippen molar-refractivity contribution in [2.24, 2.45) is 0 Å². The van der Waals surface area contributed by atoms with Crippen LogP contribution in [0.1, 0.15) is 5.56 Å².